The first kappa shape index (κ1) is 16.9. The van der Waals surface area contributed by atoms with Gasteiger partial charge in [0.05, 0.1) is 27.7 Å². The number of nitrogens with zero attached hydrogens (tertiary/aromatic N) is 5. The van der Waals surface area contributed by atoms with E-state index >= 15 is 0 Å². The third-order valence-corrected chi connectivity index (χ3v) is 5.42. The zero-order chi connectivity index (χ0) is 19.4. The number of hydrogen-bond acceptors (Lipinski definition) is 4. The predicted octanol–water partition coefficient (Wildman–Crippen LogP) is 3.78. The number of imidazole rings is 1. The molecule has 1 aromatic carbocycles. The summed E-state index contributed by atoms with van der Waals surface area (Å²) in [5.41, 5.74) is 5.04. The van der Waals surface area contributed by atoms with Gasteiger partial charge >= 0.3 is 0 Å². The summed E-state index contributed by atoms with van der Waals surface area (Å²) >= 11 is 0. The van der Waals surface area contributed by atoms with Crippen LogP contribution in [0, 0.1) is 6.92 Å². The normalized spacial score (nSPS) is 14.1. The molecule has 0 aliphatic heterocycles. The minimum Gasteiger partial charge on any atom is -0.310 e. The minimum absolute atomic E-state index is 0.171. The van der Waals surface area contributed by atoms with Crippen LogP contribution in [0.4, 0.5) is 5.95 Å². The fourth-order valence-corrected chi connectivity index (χ4v) is 3.89. The molecule has 7 nitrogen and oxygen atoms in total. The number of hydrogen-bond donors (Lipinski definition) is 1. The predicted molar refractivity (Wildman–Crippen MR) is 109 cm³/mol. The monoisotopic (exact) mass is 374 g/mol. The third-order valence-electron chi connectivity index (χ3n) is 5.42. The van der Waals surface area contributed by atoms with Crippen molar-refractivity contribution in [1.82, 2.24) is 24.3 Å². The Morgan fingerprint density at radius 2 is 2.04 bits per heavy atom. The molecule has 28 heavy (non-hydrogen) atoms. The highest BCUT2D eigenvalue weighted by molar-refractivity contribution is 6.12. The van der Waals surface area contributed by atoms with Crippen LogP contribution >= 0.6 is 0 Å². The highest BCUT2D eigenvalue weighted by Gasteiger charge is 2.28. The SMILES string of the molecule is CCn1c(NC(=O)c2cc(C3CC3)nc3c2c(C)nn3C)nc2ccccc21. The Balaban J connectivity index is 1.62. The van der Waals surface area contributed by atoms with Crippen LogP contribution in [-0.4, -0.2) is 30.2 Å². The van der Waals surface area contributed by atoms with E-state index in [1.165, 1.54) is 0 Å². The molecule has 0 spiro atoms. The van der Waals surface area contributed by atoms with Gasteiger partial charge in [-0.3, -0.25) is 14.8 Å². The van der Waals surface area contributed by atoms with E-state index in [0.717, 1.165) is 52.8 Å². The Morgan fingerprint density at radius 3 is 2.79 bits per heavy atom. The van der Waals surface area contributed by atoms with Crippen LogP contribution < -0.4 is 5.32 Å². The number of fused-ring (bicyclic) bond motifs is 2. The third kappa shape index (κ3) is 2.58. The lowest BCUT2D eigenvalue weighted by atomic mass is 10.1. The van der Waals surface area contributed by atoms with Gasteiger partial charge in [0.25, 0.3) is 5.91 Å². The van der Waals surface area contributed by atoms with E-state index in [2.05, 4.69) is 15.4 Å². The first-order valence-electron chi connectivity index (χ1n) is 9.67. The van der Waals surface area contributed by atoms with Crippen molar-refractivity contribution in [3.8, 4) is 0 Å². The minimum atomic E-state index is -0.171. The van der Waals surface area contributed by atoms with Gasteiger partial charge in [-0.15, -0.1) is 0 Å². The van der Waals surface area contributed by atoms with Crippen LogP contribution in [0.2, 0.25) is 0 Å². The number of benzene rings is 1. The van der Waals surface area contributed by atoms with E-state index in [-0.39, 0.29) is 5.91 Å². The molecule has 1 N–H and O–H groups in total. The summed E-state index contributed by atoms with van der Waals surface area (Å²) < 4.78 is 3.78. The number of nitrogens with one attached hydrogen (secondary N) is 1. The van der Waals surface area contributed by atoms with Gasteiger partial charge < -0.3 is 4.57 Å². The molecule has 0 saturated heterocycles. The molecule has 1 amide bonds. The molecule has 0 radical (unpaired) electrons. The topological polar surface area (TPSA) is 77.6 Å². The van der Waals surface area contributed by atoms with Gasteiger partial charge in [0.15, 0.2) is 5.65 Å². The molecule has 142 valence electrons. The second kappa shape index (κ2) is 6.15. The summed E-state index contributed by atoms with van der Waals surface area (Å²) in [7, 11) is 1.87. The summed E-state index contributed by atoms with van der Waals surface area (Å²) in [6.45, 7) is 4.69. The molecule has 3 heterocycles. The van der Waals surface area contributed by atoms with E-state index in [0.29, 0.717) is 17.4 Å². The zero-order valence-corrected chi connectivity index (χ0v) is 16.2. The fraction of sp³-hybridized carbons (Fsp3) is 0.333. The summed E-state index contributed by atoms with van der Waals surface area (Å²) in [5.74, 6) is 0.843. The maximum atomic E-state index is 13.3. The Kier molecular flexibility index (Phi) is 3.72. The number of rotatable bonds is 4. The van der Waals surface area contributed by atoms with Crippen LogP contribution in [0.1, 0.15) is 47.4 Å². The zero-order valence-electron chi connectivity index (χ0n) is 16.2. The number of anilines is 1. The van der Waals surface area contributed by atoms with Crippen molar-refractivity contribution in [1.29, 1.82) is 0 Å². The average molecular weight is 374 g/mol. The van der Waals surface area contributed by atoms with Crippen molar-refractivity contribution in [2.24, 2.45) is 7.05 Å². The molecular weight excluding hydrogens is 352 g/mol. The van der Waals surface area contributed by atoms with Gasteiger partial charge in [-0.05, 0) is 44.9 Å². The van der Waals surface area contributed by atoms with E-state index < -0.39 is 0 Å². The maximum Gasteiger partial charge on any atom is 0.258 e. The highest BCUT2D eigenvalue weighted by Crippen LogP contribution is 2.40. The number of carbonyl (C=O) groups is 1. The molecule has 0 unspecified atom stereocenters. The maximum absolute atomic E-state index is 13.3. The smallest absolute Gasteiger partial charge is 0.258 e. The Labute approximate surface area is 162 Å². The summed E-state index contributed by atoms with van der Waals surface area (Å²) in [4.78, 5) is 22.7. The van der Waals surface area contributed by atoms with Crippen molar-refractivity contribution in [3.05, 3.63) is 47.3 Å². The molecule has 1 aliphatic rings. The van der Waals surface area contributed by atoms with Crippen LogP contribution in [-0.2, 0) is 13.6 Å². The molecular formula is C21H22N6O. The number of para-hydroxylation sites is 2. The largest absolute Gasteiger partial charge is 0.310 e. The quantitative estimate of drug-likeness (QED) is 0.590. The van der Waals surface area contributed by atoms with E-state index in [9.17, 15) is 4.79 Å². The van der Waals surface area contributed by atoms with Gasteiger partial charge in [-0.25, -0.2) is 9.97 Å². The van der Waals surface area contributed by atoms with Crippen molar-refractivity contribution < 1.29 is 4.79 Å². The summed E-state index contributed by atoms with van der Waals surface area (Å²) in [5, 5.41) is 8.32. The lowest BCUT2D eigenvalue weighted by molar-refractivity contribution is 0.102. The first-order chi connectivity index (χ1) is 13.6. The van der Waals surface area contributed by atoms with Gasteiger partial charge in [0, 0.05) is 25.2 Å². The van der Waals surface area contributed by atoms with E-state index in [4.69, 9.17) is 4.98 Å². The fourth-order valence-electron chi connectivity index (χ4n) is 3.89. The molecule has 1 saturated carbocycles. The molecule has 7 heteroatoms. The summed E-state index contributed by atoms with van der Waals surface area (Å²) in [6.07, 6.45) is 2.25. The van der Waals surface area contributed by atoms with Crippen LogP contribution in [0.25, 0.3) is 22.1 Å². The molecule has 1 fully saturated rings. The second-order valence-corrected chi connectivity index (χ2v) is 7.40. The Hall–Kier alpha value is -3.22. The van der Waals surface area contributed by atoms with Crippen LogP contribution in [0.5, 0.6) is 0 Å². The Morgan fingerprint density at radius 1 is 1.25 bits per heavy atom. The van der Waals surface area contributed by atoms with Crippen molar-refractivity contribution in [3.63, 3.8) is 0 Å². The number of aromatic nitrogens is 5. The highest BCUT2D eigenvalue weighted by atomic mass is 16.1. The molecule has 4 aromatic rings. The van der Waals surface area contributed by atoms with Crippen molar-refractivity contribution >= 4 is 33.9 Å². The molecule has 5 rings (SSSR count). The van der Waals surface area contributed by atoms with E-state index in [1.54, 1.807) is 4.68 Å². The first-order valence-corrected chi connectivity index (χ1v) is 9.67. The standard InChI is InChI=1S/C21H22N6O/c1-4-27-17-8-6-5-7-15(17)23-21(27)24-20(28)14-11-16(13-9-10-13)22-19-18(14)12(2)25-26(19)3/h5-8,11,13H,4,9-10H2,1-3H3,(H,23,24,28). The lowest BCUT2D eigenvalue weighted by Crippen LogP contribution is -2.17. The molecule has 0 atom stereocenters. The number of pyridine rings is 1. The molecule has 1 aliphatic carbocycles. The number of carbonyl (C=O) groups excluding carboxylic acids is 1. The van der Waals surface area contributed by atoms with E-state index in [1.807, 2.05) is 55.8 Å². The van der Waals surface area contributed by atoms with Crippen LogP contribution in [0.15, 0.2) is 30.3 Å². The van der Waals surface area contributed by atoms with Gasteiger partial charge in [0.2, 0.25) is 5.95 Å². The molecule has 0 bridgehead atoms. The number of amides is 1. The Bertz CT molecular complexity index is 1230. The second-order valence-electron chi connectivity index (χ2n) is 7.40. The van der Waals surface area contributed by atoms with Gasteiger partial charge in [-0.1, -0.05) is 12.1 Å². The number of aryl methyl sites for hydroxylation is 3. The van der Waals surface area contributed by atoms with Crippen LogP contribution in [0.3, 0.4) is 0 Å². The lowest BCUT2D eigenvalue weighted by Gasteiger charge is -2.10. The summed E-state index contributed by atoms with van der Waals surface area (Å²) in [6, 6.07) is 9.84. The van der Waals surface area contributed by atoms with Gasteiger partial charge in [0.1, 0.15) is 0 Å². The van der Waals surface area contributed by atoms with Crippen molar-refractivity contribution in [2.75, 3.05) is 5.32 Å². The van der Waals surface area contributed by atoms with Gasteiger partial charge in [-0.2, -0.15) is 5.10 Å². The molecule has 3 aromatic heterocycles. The van der Waals surface area contributed by atoms with Crippen molar-refractivity contribution in [2.45, 2.75) is 39.2 Å². The average Bonchev–Trinajstić information content (AvgIpc) is 3.42.